The van der Waals surface area contributed by atoms with Crippen LogP contribution >= 0.6 is 15.9 Å². The topological polar surface area (TPSA) is 39.1 Å². The van der Waals surface area contributed by atoms with Gasteiger partial charge in [-0.2, -0.15) is 0 Å². The van der Waals surface area contributed by atoms with E-state index in [2.05, 4.69) is 15.9 Å². The molecule has 1 aromatic heterocycles. The van der Waals surface area contributed by atoms with E-state index in [4.69, 9.17) is 0 Å². The smallest absolute Gasteiger partial charge is 0.265 e. The second-order valence-corrected chi connectivity index (χ2v) is 4.42. The lowest BCUT2D eigenvalue weighted by atomic mass is 10.0. The van der Waals surface area contributed by atoms with Gasteiger partial charge in [-0.15, -0.1) is 0 Å². The fraction of sp³-hybridized carbons (Fsp3) is 0.455. The largest absolute Gasteiger partial charge is 0.307 e. The first-order chi connectivity index (χ1) is 7.06. The fourth-order valence-corrected chi connectivity index (χ4v) is 1.56. The summed E-state index contributed by atoms with van der Waals surface area (Å²) in [5.74, 6) is 0.105. The minimum absolute atomic E-state index is 0.0101. The van der Waals surface area contributed by atoms with E-state index in [9.17, 15) is 9.59 Å². The molecule has 0 fully saturated rings. The third-order valence-corrected chi connectivity index (χ3v) is 3.07. The van der Waals surface area contributed by atoms with Crippen LogP contribution < -0.4 is 5.56 Å². The lowest BCUT2D eigenvalue weighted by Gasteiger charge is -2.09. The molecule has 0 aliphatic heterocycles. The van der Waals surface area contributed by atoms with Crippen LogP contribution in [0.2, 0.25) is 0 Å². The van der Waals surface area contributed by atoms with Gasteiger partial charge in [0, 0.05) is 12.1 Å². The summed E-state index contributed by atoms with van der Waals surface area (Å²) in [7, 11) is 0. The zero-order chi connectivity index (χ0) is 11.4. The van der Waals surface area contributed by atoms with Crippen molar-refractivity contribution >= 4 is 21.7 Å². The molecule has 15 heavy (non-hydrogen) atoms. The number of rotatable bonds is 4. The van der Waals surface area contributed by atoms with Gasteiger partial charge in [0.05, 0.1) is 11.0 Å². The van der Waals surface area contributed by atoms with E-state index < -0.39 is 0 Å². The Balaban J connectivity index is 2.86. The van der Waals surface area contributed by atoms with Crippen LogP contribution in [-0.4, -0.2) is 10.4 Å². The summed E-state index contributed by atoms with van der Waals surface area (Å²) in [5.41, 5.74) is -0.158. The molecule has 0 amide bonds. The molecule has 1 atom stereocenters. The van der Waals surface area contributed by atoms with E-state index in [1.807, 2.05) is 13.8 Å². The number of aromatic nitrogens is 1. The van der Waals surface area contributed by atoms with Gasteiger partial charge in [-0.25, -0.2) is 0 Å². The summed E-state index contributed by atoms with van der Waals surface area (Å²) >= 11 is 3.15. The van der Waals surface area contributed by atoms with Crippen LogP contribution in [0.1, 0.15) is 20.3 Å². The molecular formula is C11H14BrNO2. The van der Waals surface area contributed by atoms with E-state index in [-0.39, 0.29) is 23.8 Å². The van der Waals surface area contributed by atoms with Crippen molar-refractivity contribution < 1.29 is 4.79 Å². The molecule has 0 aliphatic carbocycles. The number of carbonyl (C=O) groups excluding carboxylic acids is 1. The molecule has 0 aliphatic rings. The Hall–Kier alpha value is -0.900. The lowest BCUT2D eigenvalue weighted by Crippen LogP contribution is -2.26. The molecule has 0 radical (unpaired) electrons. The van der Waals surface area contributed by atoms with Crippen molar-refractivity contribution in [3.8, 4) is 0 Å². The number of carbonyl (C=O) groups is 1. The maximum atomic E-state index is 11.6. The second kappa shape index (κ2) is 5.26. The van der Waals surface area contributed by atoms with Crippen molar-refractivity contribution in [2.24, 2.45) is 5.92 Å². The Morgan fingerprint density at radius 2 is 2.27 bits per heavy atom. The zero-order valence-electron chi connectivity index (χ0n) is 8.87. The van der Waals surface area contributed by atoms with Crippen LogP contribution in [0.3, 0.4) is 0 Å². The van der Waals surface area contributed by atoms with Gasteiger partial charge < -0.3 is 4.57 Å². The molecule has 1 heterocycles. The predicted octanol–water partition coefficient (Wildman–Crippen LogP) is 2.23. The highest BCUT2D eigenvalue weighted by molar-refractivity contribution is 9.10. The van der Waals surface area contributed by atoms with Gasteiger partial charge in [0.2, 0.25) is 0 Å². The Kier molecular flexibility index (Phi) is 4.27. The molecule has 0 bridgehead atoms. The van der Waals surface area contributed by atoms with E-state index in [1.165, 1.54) is 4.57 Å². The summed E-state index contributed by atoms with van der Waals surface area (Å²) in [6.07, 6.45) is 2.44. The SMILES string of the molecule is CCC(C)C(=O)Cn1cccc(Br)c1=O. The molecular weight excluding hydrogens is 258 g/mol. The quantitative estimate of drug-likeness (QED) is 0.843. The zero-order valence-corrected chi connectivity index (χ0v) is 10.5. The van der Waals surface area contributed by atoms with Gasteiger partial charge in [-0.1, -0.05) is 13.8 Å². The molecule has 0 N–H and O–H groups in total. The standard InChI is InChI=1S/C11H14BrNO2/c1-3-8(2)10(14)7-13-6-4-5-9(12)11(13)15/h4-6,8H,3,7H2,1-2H3. The van der Waals surface area contributed by atoms with E-state index >= 15 is 0 Å². The van der Waals surface area contributed by atoms with Crippen LogP contribution in [0.25, 0.3) is 0 Å². The minimum Gasteiger partial charge on any atom is -0.307 e. The highest BCUT2D eigenvalue weighted by Crippen LogP contribution is 2.05. The van der Waals surface area contributed by atoms with Crippen molar-refractivity contribution in [3.63, 3.8) is 0 Å². The molecule has 3 nitrogen and oxygen atoms in total. The van der Waals surface area contributed by atoms with Gasteiger partial charge in [-0.05, 0) is 34.5 Å². The molecule has 4 heteroatoms. The van der Waals surface area contributed by atoms with Crippen LogP contribution in [0.4, 0.5) is 0 Å². The van der Waals surface area contributed by atoms with E-state index in [1.54, 1.807) is 18.3 Å². The Bertz CT molecular complexity index is 411. The van der Waals surface area contributed by atoms with Crippen LogP contribution in [0.15, 0.2) is 27.6 Å². The van der Waals surface area contributed by atoms with Gasteiger partial charge in [0.25, 0.3) is 5.56 Å². The number of hydrogen-bond acceptors (Lipinski definition) is 2. The summed E-state index contributed by atoms with van der Waals surface area (Å²) in [6, 6.07) is 3.42. The normalized spacial score (nSPS) is 12.5. The third-order valence-electron chi connectivity index (χ3n) is 2.46. The van der Waals surface area contributed by atoms with Gasteiger partial charge in [0.15, 0.2) is 5.78 Å². The number of pyridine rings is 1. The average molecular weight is 272 g/mol. The first-order valence-electron chi connectivity index (χ1n) is 4.94. The second-order valence-electron chi connectivity index (χ2n) is 3.56. The van der Waals surface area contributed by atoms with Crippen molar-refractivity contribution in [1.82, 2.24) is 4.57 Å². The molecule has 0 saturated carbocycles. The number of Topliss-reactive ketones (excluding diaryl/α,β-unsaturated/α-hetero) is 1. The number of ketones is 1. The molecule has 1 rings (SSSR count). The van der Waals surface area contributed by atoms with E-state index in [0.717, 1.165) is 6.42 Å². The van der Waals surface area contributed by atoms with Gasteiger partial charge in [-0.3, -0.25) is 9.59 Å². The third kappa shape index (κ3) is 3.02. The maximum absolute atomic E-state index is 11.6. The molecule has 0 spiro atoms. The minimum atomic E-state index is -0.158. The van der Waals surface area contributed by atoms with Crippen molar-refractivity contribution in [2.45, 2.75) is 26.8 Å². The van der Waals surface area contributed by atoms with E-state index in [0.29, 0.717) is 4.47 Å². The van der Waals surface area contributed by atoms with Crippen molar-refractivity contribution in [1.29, 1.82) is 0 Å². The predicted molar refractivity (Wildman–Crippen MR) is 62.9 cm³/mol. The summed E-state index contributed by atoms with van der Waals surface area (Å²) in [6.45, 7) is 4.00. The van der Waals surface area contributed by atoms with Crippen LogP contribution in [0.5, 0.6) is 0 Å². The number of hydrogen-bond donors (Lipinski definition) is 0. The molecule has 1 aromatic rings. The van der Waals surface area contributed by atoms with Crippen molar-refractivity contribution in [3.05, 3.63) is 33.2 Å². The Labute approximate surface area is 97.2 Å². The Morgan fingerprint density at radius 1 is 1.60 bits per heavy atom. The molecule has 0 aromatic carbocycles. The Morgan fingerprint density at radius 3 is 2.87 bits per heavy atom. The van der Waals surface area contributed by atoms with Gasteiger partial charge in [0.1, 0.15) is 0 Å². The van der Waals surface area contributed by atoms with Crippen molar-refractivity contribution in [2.75, 3.05) is 0 Å². The summed E-state index contributed by atoms with van der Waals surface area (Å²) in [4.78, 5) is 23.2. The maximum Gasteiger partial charge on any atom is 0.265 e. The average Bonchev–Trinajstić information content (AvgIpc) is 2.23. The number of nitrogens with zero attached hydrogens (tertiary/aromatic N) is 1. The fourth-order valence-electron chi connectivity index (χ4n) is 1.18. The summed E-state index contributed by atoms with van der Waals surface area (Å²) < 4.78 is 1.92. The first-order valence-corrected chi connectivity index (χ1v) is 5.73. The lowest BCUT2D eigenvalue weighted by molar-refractivity contribution is -0.123. The van der Waals surface area contributed by atoms with Gasteiger partial charge >= 0.3 is 0 Å². The monoisotopic (exact) mass is 271 g/mol. The van der Waals surface area contributed by atoms with Crippen LogP contribution in [-0.2, 0) is 11.3 Å². The van der Waals surface area contributed by atoms with Crippen LogP contribution in [0, 0.1) is 5.92 Å². The molecule has 0 saturated heterocycles. The molecule has 82 valence electrons. The summed E-state index contributed by atoms with van der Waals surface area (Å²) in [5, 5.41) is 0. The molecule has 1 unspecified atom stereocenters. The first kappa shape index (κ1) is 12.2. The number of halogens is 1. The highest BCUT2D eigenvalue weighted by atomic mass is 79.9. The highest BCUT2D eigenvalue weighted by Gasteiger charge is 2.12.